The number of rotatable bonds is 2. The molecule has 0 aromatic carbocycles. The smallest absolute Gasteiger partial charge is 0.237 e. The van der Waals surface area contributed by atoms with E-state index in [1.807, 2.05) is 20.8 Å². The van der Waals surface area contributed by atoms with Crippen LogP contribution in [0.2, 0.25) is 0 Å². The molecule has 0 radical (unpaired) electrons. The first-order valence-electron chi connectivity index (χ1n) is 6.09. The molecule has 3 N–H and O–H groups in total. The number of nitrogens with one attached hydrogen (secondary N) is 1. The Bertz CT molecular complexity index is 285. The molecule has 1 amide bonds. The predicted octanol–water partition coefficient (Wildman–Crippen LogP) is 0.796. The lowest BCUT2D eigenvalue weighted by Gasteiger charge is -2.28. The second-order valence-electron chi connectivity index (χ2n) is 6.07. The van der Waals surface area contributed by atoms with Gasteiger partial charge in [0, 0.05) is 0 Å². The molecule has 2 aliphatic rings. The Morgan fingerprint density at radius 3 is 2.56 bits per heavy atom. The Hall–Kier alpha value is -0.610. The molecule has 2 saturated heterocycles. The second-order valence-corrected chi connectivity index (χ2v) is 6.07. The third-order valence-corrected chi connectivity index (χ3v) is 3.65. The van der Waals surface area contributed by atoms with Gasteiger partial charge in [-0.15, -0.1) is 0 Å². The molecule has 0 aromatic heterocycles. The van der Waals surface area contributed by atoms with Crippen LogP contribution in [0.5, 0.6) is 0 Å². The topological polar surface area (TPSA) is 64.4 Å². The quantitative estimate of drug-likeness (QED) is 0.732. The van der Waals surface area contributed by atoms with Crippen molar-refractivity contribution in [1.82, 2.24) is 5.32 Å². The highest BCUT2D eigenvalue weighted by molar-refractivity contribution is 5.82. The molecule has 4 heteroatoms. The molecule has 2 fully saturated rings. The summed E-state index contributed by atoms with van der Waals surface area (Å²) in [5.41, 5.74) is 5.73. The van der Waals surface area contributed by atoms with Crippen molar-refractivity contribution in [3.8, 4) is 0 Å². The van der Waals surface area contributed by atoms with Crippen molar-refractivity contribution in [3.63, 3.8) is 0 Å². The molecule has 0 aromatic rings. The summed E-state index contributed by atoms with van der Waals surface area (Å²) in [6, 6.07) is -0.272. The maximum atomic E-state index is 11.9. The second kappa shape index (κ2) is 4.00. The van der Waals surface area contributed by atoms with Crippen LogP contribution in [0.3, 0.4) is 0 Å². The van der Waals surface area contributed by atoms with E-state index in [-0.39, 0.29) is 23.5 Å². The van der Waals surface area contributed by atoms with Crippen molar-refractivity contribution in [2.24, 2.45) is 11.1 Å². The SMILES string of the molecule is CC(C)(C)[C@@H](N)C(=O)NC1CC2CCC1O2. The molecule has 0 saturated carbocycles. The van der Waals surface area contributed by atoms with Crippen molar-refractivity contribution in [2.45, 2.75) is 64.3 Å². The van der Waals surface area contributed by atoms with Gasteiger partial charge in [-0.25, -0.2) is 0 Å². The van der Waals surface area contributed by atoms with Gasteiger partial charge in [-0.1, -0.05) is 20.8 Å². The summed E-state index contributed by atoms with van der Waals surface area (Å²) < 4.78 is 5.70. The first-order chi connectivity index (χ1) is 7.38. The van der Waals surface area contributed by atoms with E-state index in [9.17, 15) is 4.79 Å². The van der Waals surface area contributed by atoms with Crippen LogP contribution in [0.25, 0.3) is 0 Å². The molecule has 2 heterocycles. The van der Waals surface area contributed by atoms with Crippen LogP contribution in [-0.4, -0.2) is 30.2 Å². The number of hydrogen-bond acceptors (Lipinski definition) is 3. The summed E-state index contributed by atoms with van der Waals surface area (Å²) in [7, 11) is 0. The lowest BCUT2D eigenvalue weighted by molar-refractivity contribution is -0.125. The fourth-order valence-electron chi connectivity index (χ4n) is 2.46. The molecule has 16 heavy (non-hydrogen) atoms. The Morgan fingerprint density at radius 2 is 2.12 bits per heavy atom. The van der Waals surface area contributed by atoms with Crippen LogP contribution < -0.4 is 11.1 Å². The summed E-state index contributed by atoms with van der Waals surface area (Å²) in [6.45, 7) is 5.94. The van der Waals surface area contributed by atoms with Gasteiger partial charge in [0.05, 0.1) is 24.3 Å². The Kier molecular flexibility index (Phi) is 2.97. The minimum Gasteiger partial charge on any atom is -0.373 e. The number of nitrogens with two attached hydrogens (primary N) is 1. The van der Waals surface area contributed by atoms with E-state index in [1.165, 1.54) is 0 Å². The third kappa shape index (κ3) is 2.23. The zero-order chi connectivity index (χ0) is 11.9. The lowest BCUT2D eigenvalue weighted by atomic mass is 9.86. The number of carbonyl (C=O) groups is 1. The van der Waals surface area contributed by atoms with Gasteiger partial charge in [-0.3, -0.25) is 4.79 Å². The van der Waals surface area contributed by atoms with Gasteiger partial charge in [0.25, 0.3) is 0 Å². The first-order valence-corrected chi connectivity index (χ1v) is 6.09. The first kappa shape index (κ1) is 11.9. The average molecular weight is 226 g/mol. The summed E-state index contributed by atoms with van der Waals surface area (Å²) in [6.07, 6.45) is 3.75. The van der Waals surface area contributed by atoms with E-state index in [1.54, 1.807) is 0 Å². The predicted molar refractivity (Wildman–Crippen MR) is 61.9 cm³/mol. The largest absolute Gasteiger partial charge is 0.373 e. The van der Waals surface area contributed by atoms with Gasteiger partial charge < -0.3 is 15.8 Å². The monoisotopic (exact) mass is 226 g/mol. The van der Waals surface area contributed by atoms with Gasteiger partial charge in [0.2, 0.25) is 5.91 Å². The molecule has 2 bridgehead atoms. The van der Waals surface area contributed by atoms with Crippen molar-refractivity contribution >= 4 is 5.91 Å². The molecular weight excluding hydrogens is 204 g/mol. The molecule has 2 aliphatic heterocycles. The highest BCUT2D eigenvalue weighted by Crippen LogP contribution is 2.34. The van der Waals surface area contributed by atoms with E-state index in [0.29, 0.717) is 6.10 Å². The van der Waals surface area contributed by atoms with Crippen LogP contribution in [0, 0.1) is 5.41 Å². The molecule has 92 valence electrons. The molecule has 4 atom stereocenters. The Morgan fingerprint density at radius 1 is 1.44 bits per heavy atom. The summed E-state index contributed by atoms with van der Waals surface area (Å²) >= 11 is 0. The van der Waals surface area contributed by atoms with E-state index < -0.39 is 6.04 Å². The van der Waals surface area contributed by atoms with Gasteiger partial charge in [0.1, 0.15) is 0 Å². The van der Waals surface area contributed by atoms with Gasteiger partial charge >= 0.3 is 0 Å². The minimum atomic E-state index is -0.452. The van der Waals surface area contributed by atoms with E-state index >= 15 is 0 Å². The van der Waals surface area contributed by atoms with Crippen molar-refractivity contribution < 1.29 is 9.53 Å². The summed E-state index contributed by atoms with van der Waals surface area (Å²) in [5.74, 6) is -0.0475. The van der Waals surface area contributed by atoms with Crippen molar-refractivity contribution in [1.29, 1.82) is 0 Å². The van der Waals surface area contributed by atoms with Crippen LogP contribution in [-0.2, 0) is 9.53 Å². The summed E-state index contributed by atoms with van der Waals surface area (Å²) in [4.78, 5) is 11.9. The van der Waals surface area contributed by atoms with Crippen LogP contribution in [0.1, 0.15) is 40.0 Å². The highest BCUT2D eigenvalue weighted by atomic mass is 16.5. The zero-order valence-electron chi connectivity index (χ0n) is 10.3. The van der Waals surface area contributed by atoms with E-state index in [0.717, 1.165) is 19.3 Å². The average Bonchev–Trinajstić information content (AvgIpc) is 2.76. The molecule has 2 rings (SSSR count). The third-order valence-electron chi connectivity index (χ3n) is 3.65. The molecule has 0 spiro atoms. The standard InChI is InChI=1S/C12H22N2O2/c1-12(2,3)10(13)11(15)14-8-6-7-4-5-9(8)16-7/h7-10H,4-6,13H2,1-3H3,(H,14,15)/t7?,8?,9?,10-/m0/s1. The fourth-order valence-corrected chi connectivity index (χ4v) is 2.46. The van der Waals surface area contributed by atoms with Gasteiger partial charge in [0.15, 0.2) is 0 Å². The molecule has 3 unspecified atom stereocenters. The zero-order valence-corrected chi connectivity index (χ0v) is 10.3. The normalized spacial score (nSPS) is 35.1. The molecular formula is C12H22N2O2. The van der Waals surface area contributed by atoms with Crippen LogP contribution >= 0.6 is 0 Å². The van der Waals surface area contributed by atoms with Crippen molar-refractivity contribution in [2.75, 3.05) is 0 Å². The van der Waals surface area contributed by atoms with Crippen LogP contribution in [0.15, 0.2) is 0 Å². The molecule has 4 nitrogen and oxygen atoms in total. The Balaban J connectivity index is 1.88. The maximum absolute atomic E-state index is 11.9. The van der Waals surface area contributed by atoms with Crippen LogP contribution in [0.4, 0.5) is 0 Å². The lowest BCUT2D eigenvalue weighted by Crippen LogP contribution is -2.53. The number of carbonyl (C=O) groups excluding carboxylic acids is 1. The number of fused-ring (bicyclic) bond motifs is 2. The van der Waals surface area contributed by atoms with Gasteiger partial charge in [-0.05, 0) is 24.7 Å². The van der Waals surface area contributed by atoms with Crippen molar-refractivity contribution in [3.05, 3.63) is 0 Å². The highest BCUT2D eigenvalue weighted by Gasteiger charge is 2.42. The molecule has 0 aliphatic carbocycles. The fraction of sp³-hybridized carbons (Fsp3) is 0.917. The number of hydrogen-bond donors (Lipinski definition) is 2. The number of amides is 1. The van der Waals surface area contributed by atoms with E-state index in [2.05, 4.69) is 5.32 Å². The Labute approximate surface area is 96.9 Å². The number of ether oxygens (including phenoxy) is 1. The van der Waals surface area contributed by atoms with E-state index in [4.69, 9.17) is 10.5 Å². The summed E-state index contributed by atoms with van der Waals surface area (Å²) in [5, 5.41) is 3.03. The van der Waals surface area contributed by atoms with Gasteiger partial charge in [-0.2, -0.15) is 0 Å². The minimum absolute atomic E-state index is 0.0475. The maximum Gasteiger partial charge on any atom is 0.237 e.